The minimum absolute atomic E-state index is 0.0982. The van der Waals surface area contributed by atoms with Gasteiger partial charge in [0.05, 0.1) is 7.11 Å². The first-order valence-electron chi connectivity index (χ1n) is 8.89. The molecule has 1 saturated heterocycles. The molecule has 9 heteroatoms. The van der Waals surface area contributed by atoms with Gasteiger partial charge in [-0.2, -0.15) is 4.98 Å². The van der Waals surface area contributed by atoms with Crippen LogP contribution >= 0.6 is 0 Å². The largest absolute Gasteiger partial charge is 0.508 e. The number of phenolic OH excluding ortho intramolecular Hbond substituents is 1. The van der Waals surface area contributed by atoms with Crippen molar-refractivity contribution in [1.29, 1.82) is 0 Å². The molecular formula is C18H22N6O3. The Bertz CT molecular complexity index is 923. The number of methoxy groups -OCH3 is 1. The second kappa shape index (κ2) is 7.67. The van der Waals surface area contributed by atoms with E-state index in [9.17, 15) is 5.11 Å². The standard InChI is InChI=1S/C18H22N6O3/c1-26-15-9-13(8-14(25)10-15)21-18-22-17-16(19-4-5-24(17)23-18)20-11-12-2-6-27-7-3-12/h4-5,8-10,12,25H,2-3,6-7,11H2,1H3,(H,19,20)(H,21,23). The molecule has 0 unspecified atom stereocenters. The van der Waals surface area contributed by atoms with E-state index >= 15 is 0 Å². The lowest BCUT2D eigenvalue weighted by Crippen LogP contribution is -2.23. The van der Waals surface area contributed by atoms with Crippen molar-refractivity contribution in [2.24, 2.45) is 5.92 Å². The Labute approximate surface area is 156 Å². The highest BCUT2D eigenvalue weighted by atomic mass is 16.5. The normalized spacial score (nSPS) is 15.0. The number of fused-ring (bicyclic) bond motifs is 1. The van der Waals surface area contributed by atoms with E-state index in [-0.39, 0.29) is 5.75 Å². The molecule has 2 aromatic heterocycles. The molecule has 3 N–H and O–H groups in total. The number of nitrogens with one attached hydrogen (secondary N) is 2. The number of aromatic nitrogens is 4. The average Bonchev–Trinajstić information content (AvgIpc) is 3.09. The molecule has 9 nitrogen and oxygen atoms in total. The molecule has 4 rings (SSSR count). The van der Waals surface area contributed by atoms with E-state index in [0.29, 0.717) is 34.8 Å². The molecule has 1 aromatic carbocycles. The molecule has 0 aliphatic carbocycles. The van der Waals surface area contributed by atoms with E-state index in [1.165, 1.54) is 6.07 Å². The summed E-state index contributed by atoms with van der Waals surface area (Å²) < 4.78 is 12.2. The second-order valence-electron chi connectivity index (χ2n) is 6.46. The minimum atomic E-state index is 0.0982. The number of ether oxygens (including phenoxy) is 2. The smallest absolute Gasteiger partial charge is 0.247 e. The summed E-state index contributed by atoms with van der Waals surface area (Å²) in [5, 5.41) is 20.7. The van der Waals surface area contributed by atoms with Crippen molar-refractivity contribution in [2.75, 3.05) is 37.5 Å². The van der Waals surface area contributed by atoms with E-state index in [1.807, 2.05) is 0 Å². The van der Waals surface area contributed by atoms with Gasteiger partial charge in [0.15, 0.2) is 11.5 Å². The first kappa shape index (κ1) is 17.3. The van der Waals surface area contributed by atoms with Crippen LogP contribution in [0, 0.1) is 5.92 Å². The van der Waals surface area contributed by atoms with Gasteiger partial charge in [0, 0.05) is 56.0 Å². The Hall–Kier alpha value is -3.07. The zero-order chi connectivity index (χ0) is 18.6. The van der Waals surface area contributed by atoms with Crippen molar-refractivity contribution in [1.82, 2.24) is 19.6 Å². The van der Waals surface area contributed by atoms with E-state index in [2.05, 4.69) is 25.7 Å². The van der Waals surface area contributed by atoms with E-state index in [4.69, 9.17) is 9.47 Å². The van der Waals surface area contributed by atoms with Crippen LogP contribution in [-0.4, -0.2) is 51.6 Å². The number of aromatic hydroxyl groups is 1. The monoisotopic (exact) mass is 370 g/mol. The summed E-state index contributed by atoms with van der Waals surface area (Å²) in [6.45, 7) is 2.46. The van der Waals surface area contributed by atoms with Crippen LogP contribution in [0.5, 0.6) is 11.5 Å². The van der Waals surface area contributed by atoms with Crippen molar-refractivity contribution in [3.05, 3.63) is 30.6 Å². The highest BCUT2D eigenvalue weighted by Gasteiger charge is 2.15. The van der Waals surface area contributed by atoms with Gasteiger partial charge in [-0.05, 0) is 18.8 Å². The van der Waals surface area contributed by atoms with Crippen LogP contribution in [0.15, 0.2) is 30.6 Å². The Kier molecular flexibility index (Phi) is 4.93. The molecule has 0 amide bonds. The van der Waals surface area contributed by atoms with Gasteiger partial charge in [-0.25, -0.2) is 9.50 Å². The highest BCUT2D eigenvalue weighted by Crippen LogP contribution is 2.27. The number of hydrogen-bond acceptors (Lipinski definition) is 8. The molecule has 0 saturated carbocycles. The molecule has 0 atom stereocenters. The Morgan fingerprint density at radius 2 is 2.15 bits per heavy atom. The SMILES string of the molecule is COc1cc(O)cc(Nc2nc3c(NCC4CCOCC4)nccn3n2)c1. The van der Waals surface area contributed by atoms with Crippen molar-refractivity contribution >= 4 is 23.1 Å². The van der Waals surface area contributed by atoms with E-state index in [0.717, 1.165) is 32.6 Å². The number of benzene rings is 1. The van der Waals surface area contributed by atoms with Crippen molar-refractivity contribution in [2.45, 2.75) is 12.8 Å². The van der Waals surface area contributed by atoms with Crippen molar-refractivity contribution in [3.8, 4) is 11.5 Å². The fourth-order valence-electron chi connectivity index (χ4n) is 3.09. The molecule has 1 aliphatic rings. The summed E-state index contributed by atoms with van der Waals surface area (Å²) in [6, 6.07) is 4.87. The number of nitrogens with zero attached hydrogens (tertiary/aromatic N) is 4. The van der Waals surface area contributed by atoms with Gasteiger partial charge in [-0.15, -0.1) is 5.10 Å². The third-order valence-corrected chi connectivity index (χ3v) is 4.54. The molecule has 0 radical (unpaired) electrons. The zero-order valence-electron chi connectivity index (χ0n) is 15.1. The Balaban J connectivity index is 1.52. The molecule has 0 bridgehead atoms. The van der Waals surface area contributed by atoms with Crippen LogP contribution < -0.4 is 15.4 Å². The van der Waals surface area contributed by atoms with E-state index in [1.54, 1.807) is 36.2 Å². The van der Waals surface area contributed by atoms with Crippen LogP contribution in [0.25, 0.3) is 5.65 Å². The second-order valence-corrected chi connectivity index (χ2v) is 6.46. The fraction of sp³-hybridized carbons (Fsp3) is 0.389. The van der Waals surface area contributed by atoms with Crippen LogP contribution in [0.4, 0.5) is 17.5 Å². The molecule has 142 valence electrons. The van der Waals surface area contributed by atoms with Crippen molar-refractivity contribution in [3.63, 3.8) is 0 Å². The number of anilines is 3. The molecule has 1 aliphatic heterocycles. The Morgan fingerprint density at radius 1 is 1.30 bits per heavy atom. The number of hydrogen-bond donors (Lipinski definition) is 3. The van der Waals surface area contributed by atoms with Crippen LogP contribution in [0.3, 0.4) is 0 Å². The third-order valence-electron chi connectivity index (χ3n) is 4.54. The lowest BCUT2D eigenvalue weighted by atomic mass is 10.0. The first-order valence-corrected chi connectivity index (χ1v) is 8.89. The van der Waals surface area contributed by atoms with Gasteiger partial charge >= 0.3 is 0 Å². The number of phenols is 1. The van der Waals surface area contributed by atoms with Crippen LogP contribution in [-0.2, 0) is 4.74 Å². The minimum Gasteiger partial charge on any atom is -0.508 e. The van der Waals surface area contributed by atoms with Crippen LogP contribution in [0.2, 0.25) is 0 Å². The maximum atomic E-state index is 9.79. The predicted octanol–water partition coefficient (Wildman–Crippen LogP) is 2.42. The van der Waals surface area contributed by atoms with Crippen molar-refractivity contribution < 1.29 is 14.6 Å². The van der Waals surface area contributed by atoms with Gasteiger partial charge in [-0.3, -0.25) is 0 Å². The fourth-order valence-corrected chi connectivity index (χ4v) is 3.09. The van der Waals surface area contributed by atoms with Crippen LogP contribution in [0.1, 0.15) is 12.8 Å². The summed E-state index contributed by atoms with van der Waals surface area (Å²) in [5.74, 6) is 2.31. The molecule has 1 fully saturated rings. The maximum Gasteiger partial charge on any atom is 0.247 e. The third kappa shape index (κ3) is 4.03. The maximum absolute atomic E-state index is 9.79. The summed E-state index contributed by atoms with van der Waals surface area (Å²) in [4.78, 5) is 8.93. The average molecular weight is 370 g/mol. The summed E-state index contributed by atoms with van der Waals surface area (Å²) in [6.07, 6.45) is 5.54. The quantitative estimate of drug-likeness (QED) is 0.607. The summed E-state index contributed by atoms with van der Waals surface area (Å²) in [7, 11) is 1.55. The molecular weight excluding hydrogens is 348 g/mol. The van der Waals surface area contributed by atoms with Gasteiger partial charge in [0.2, 0.25) is 5.95 Å². The zero-order valence-corrected chi connectivity index (χ0v) is 15.1. The highest BCUT2D eigenvalue weighted by molar-refractivity contribution is 5.66. The first-order chi connectivity index (χ1) is 13.2. The van der Waals surface area contributed by atoms with E-state index < -0.39 is 0 Å². The molecule has 3 heterocycles. The topological polar surface area (TPSA) is 106 Å². The molecule has 3 aromatic rings. The summed E-state index contributed by atoms with van der Waals surface area (Å²) in [5.41, 5.74) is 1.27. The lowest BCUT2D eigenvalue weighted by Gasteiger charge is -2.22. The molecule has 0 spiro atoms. The van der Waals surface area contributed by atoms with Gasteiger partial charge in [-0.1, -0.05) is 0 Å². The van der Waals surface area contributed by atoms with Gasteiger partial charge in [0.1, 0.15) is 11.5 Å². The van der Waals surface area contributed by atoms with Gasteiger partial charge in [0.25, 0.3) is 0 Å². The molecule has 27 heavy (non-hydrogen) atoms. The number of rotatable bonds is 6. The van der Waals surface area contributed by atoms with Gasteiger partial charge < -0.3 is 25.2 Å². The Morgan fingerprint density at radius 3 is 2.96 bits per heavy atom. The summed E-state index contributed by atoms with van der Waals surface area (Å²) >= 11 is 0. The predicted molar refractivity (Wildman–Crippen MR) is 101 cm³/mol. The lowest BCUT2D eigenvalue weighted by molar-refractivity contribution is 0.0699.